The van der Waals surface area contributed by atoms with Crippen LogP contribution in [0.1, 0.15) is 5.56 Å². The number of nitrogens with zero attached hydrogens (tertiary/aromatic N) is 1. The van der Waals surface area contributed by atoms with E-state index in [4.69, 9.17) is 10.2 Å². The van der Waals surface area contributed by atoms with Crippen LogP contribution in [0.15, 0.2) is 61.9 Å². The molecule has 0 aliphatic carbocycles. The highest BCUT2D eigenvalue weighted by Gasteiger charge is 2.12. The summed E-state index contributed by atoms with van der Waals surface area (Å²) < 4.78 is 5.75. The average molecular weight is 302 g/mol. The molecule has 0 radical (unpaired) electrons. The van der Waals surface area contributed by atoms with Crippen molar-refractivity contribution < 1.29 is 4.42 Å². The van der Waals surface area contributed by atoms with Crippen molar-refractivity contribution in [1.82, 2.24) is 4.98 Å². The highest BCUT2D eigenvalue weighted by atomic mass is 32.2. The number of hydrogen-bond donors (Lipinski definition) is 1. The summed E-state index contributed by atoms with van der Waals surface area (Å²) in [6.07, 6.45) is 2.06. The van der Waals surface area contributed by atoms with E-state index in [1.807, 2.05) is 30.3 Å². The summed E-state index contributed by atoms with van der Waals surface area (Å²) in [4.78, 5) is 6.79. The second-order valence-electron chi connectivity index (χ2n) is 4.19. The lowest BCUT2D eigenvalue weighted by molar-refractivity contribution is 0.489. The van der Waals surface area contributed by atoms with Gasteiger partial charge in [0.25, 0.3) is 5.22 Å². The largest absolute Gasteiger partial charge is 0.431 e. The molecule has 102 valence electrons. The van der Waals surface area contributed by atoms with Crippen LogP contribution in [-0.4, -0.2) is 11.2 Å². The molecule has 2 N–H and O–H groups in total. The van der Waals surface area contributed by atoms with Gasteiger partial charge in [-0.05, 0) is 47.8 Å². The molecule has 3 rings (SSSR count). The zero-order valence-corrected chi connectivity index (χ0v) is 12.6. The normalized spacial score (nSPS) is 11.1. The summed E-state index contributed by atoms with van der Waals surface area (Å²) in [5, 5.41) is 0.652. The van der Waals surface area contributed by atoms with Gasteiger partial charge in [-0.1, -0.05) is 18.2 Å². The second kappa shape index (κ2) is 5.91. The molecule has 0 amide bonds. The van der Waals surface area contributed by atoms with Crippen molar-refractivity contribution >= 4 is 34.6 Å². The molecule has 3 aromatic rings. The molecule has 0 aliphatic heterocycles. The van der Waals surface area contributed by atoms with E-state index in [9.17, 15) is 0 Å². The van der Waals surface area contributed by atoms with Crippen LogP contribution in [0.4, 0.5) is 0 Å². The van der Waals surface area contributed by atoms with Crippen LogP contribution < -0.4 is 5.73 Å². The van der Waals surface area contributed by atoms with Crippen LogP contribution in [0.2, 0.25) is 0 Å². The third kappa shape index (κ3) is 2.57. The van der Waals surface area contributed by atoms with Gasteiger partial charge in [0.15, 0.2) is 5.58 Å². The third-order valence-electron chi connectivity index (χ3n) is 2.99. The van der Waals surface area contributed by atoms with Crippen molar-refractivity contribution in [3.63, 3.8) is 0 Å². The minimum atomic E-state index is 0.513. The third-order valence-corrected chi connectivity index (χ3v) is 4.76. The Balaban J connectivity index is 1.98. The fourth-order valence-electron chi connectivity index (χ4n) is 2.02. The molecule has 0 aliphatic rings. The lowest BCUT2D eigenvalue weighted by Gasteiger charge is -2.09. The first-order chi connectivity index (χ1) is 9.81. The Morgan fingerprint density at radius 2 is 1.90 bits per heavy atom. The van der Waals surface area contributed by atoms with Gasteiger partial charge in [-0.25, -0.2) is 4.98 Å². The Morgan fingerprint density at radius 3 is 2.65 bits per heavy atom. The van der Waals surface area contributed by atoms with Gasteiger partial charge in [0.1, 0.15) is 5.52 Å². The molecule has 5 heteroatoms. The fraction of sp³-hybridized carbons (Fsp3) is 0.133. The molecule has 0 bridgehead atoms. The Kier molecular flexibility index (Phi) is 4.00. The van der Waals surface area contributed by atoms with E-state index < -0.39 is 0 Å². The second-order valence-corrected chi connectivity index (χ2v) is 6.03. The van der Waals surface area contributed by atoms with E-state index in [2.05, 4.69) is 23.4 Å². The molecule has 0 atom stereocenters. The summed E-state index contributed by atoms with van der Waals surface area (Å²) in [6.45, 7) is 0.513. The summed E-state index contributed by atoms with van der Waals surface area (Å²) in [5.74, 6) is 0. The Morgan fingerprint density at radius 1 is 1.10 bits per heavy atom. The Hall–Kier alpha value is -1.43. The van der Waals surface area contributed by atoms with Crippen molar-refractivity contribution in [2.24, 2.45) is 5.73 Å². The SMILES string of the molecule is CSc1cccc(Sc2nc3ccccc3o2)c1CN. The summed E-state index contributed by atoms with van der Waals surface area (Å²) in [7, 11) is 0. The lowest BCUT2D eigenvalue weighted by atomic mass is 10.2. The van der Waals surface area contributed by atoms with Crippen LogP contribution in [0.3, 0.4) is 0 Å². The first-order valence-corrected chi connectivity index (χ1v) is 8.25. The van der Waals surface area contributed by atoms with Gasteiger partial charge in [-0.15, -0.1) is 11.8 Å². The van der Waals surface area contributed by atoms with Crippen LogP contribution in [0.25, 0.3) is 11.1 Å². The maximum Gasteiger partial charge on any atom is 0.261 e. The van der Waals surface area contributed by atoms with Crippen molar-refractivity contribution in [3.8, 4) is 0 Å². The molecular formula is C15H14N2OS2. The van der Waals surface area contributed by atoms with Crippen molar-refractivity contribution in [1.29, 1.82) is 0 Å². The molecule has 0 saturated carbocycles. The van der Waals surface area contributed by atoms with E-state index in [1.54, 1.807) is 11.8 Å². The number of fused-ring (bicyclic) bond motifs is 1. The molecule has 0 fully saturated rings. The molecular weight excluding hydrogens is 288 g/mol. The maximum absolute atomic E-state index is 5.88. The van der Waals surface area contributed by atoms with Crippen LogP contribution in [0, 0.1) is 0 Å². The van der Waals surface area contributed by atoms with Gasteiger partial charge in [0.05, 0.1) is 0 Å². The van der Waals surface area contributed by atoms with E-state index >= 15 is 0 Å². The highest BCUT2D eigenvalue weighted by Crippen LogP contribution is 2.35. The first kappa shape index (κ1) is 13.5. The Labute approximate surface area is 126 Å². The summed E-state index contributed by atoms with van der Waals surface area (Å²) in [5.41, 5.74) is 8.71. The average Bonchev–Trinajstić information content (AvgIpc) is 2.89. The van der Waals surface area contributed by atoms with Gasteiger partial charge >= 0.3 is 0 Å². The van der Waals surface area contributed by atoms with E-state index in [0.29, 0.717) is 11.8 Å². The van der Waals surface area contributed by atoms with Crippen LogP contribution >= 0.6 is 23.5 Å². The minimum Gasteiger partial charge on any atom is -0.431 e. The number of aromatic nitrogens is 1. The minimum absolute atomic E-state index is 0.513. The van der Waals surface area contributed by atoms with Gasteiger partial charge in [0.2, 0.25) is 0 Å². The number of rotatable bonds is 4. The molecule has 2 aromatic carbocycles. The van der Waals surface area contributed by atoms with Crippen molar-refractivity contribution in [2.75, 3.05) is 6.26 Å². The first-order valence-electron chi connectivity index (χ1n) is 6.21. The molecule has 0 spiro atoms. The van der Waals surface area contributed by atoms with Crippen LogP contribution in [-0.2, 0) is 6.54 Å². The molecule has 0 unspecified atom stereocenters. The van der Waals surface area contributed by atoms with Crippen LogP contribution in [0.5, 0.6) is 0 Å². The number of oxazole rings is 1. The predicted octanol–water partition coefficient (Wildman–Crippen LogP) is 4.16. The summed E-state index contributed by atoms with van der Waals surface area (Å²) >= 11 is 3.23. The van der Waals surface area contributed by atoms with Gasteiger partial charge in [0, 0.05) is 16.3 Å². The lowest BCUT2D eigenvalue weighted by Crippen LogP contribution is -2.00. The van der Waals surface area contributed by atoms with Gasteiger partial charge in [-0.3, -0.25) is 0 Å². The fourth-order valence-corrected chi connectivity index (χ4v) is 3.67. The zero-order valence-electron chi connectivity index (χ0n) is 11.0. The predicted molar refractivity (Wildman–Crippen MR) is 84.2 cm³/mol. The van der Waals surface area contributed by atoms with Gasteiger partial charge < -0.3 is 10.2 Å². The summed E-state index contributed by atoms with van der Waals surface area (Å²) in [6, 6.07) is 14.0. The van der Waals surface area contributed by atoms with E-state index in [0.717, 1.165) is 21.6 Å². The number of thioether (sulfide) groups is 1. The highest BCUT2D eigenvalue weighted by molar-refractivity contribution is 7.99. The number of nitrogens with two attached hydrogens (primary N) is 1. The Bertz CT molecular complexity index is 707. The molecule has 20 heavy (non-hydrogen) atoms. The maximum atomic E-state index is 5.88. The molecule has 1 heterocycles. The molecule has 0 saturated heterocycles. The smallest absolute Gasteiger partial charge is 0.261 e. The zero-order chi connectivity index (χ0) is 13.9. The number of benzene rings is 2. The van der Waals surface area contributed by atoms with E-state index in [1.165, 1.54) is 16.7 Å². The van der Waals surface area contributed by atoms with Crippen molar-refractivity contribution in [3.05, 3.63) is 48.0 Å². The quantitative estimate of drug-likeness (QED) is 0.733. The number of para-hydroxylation sites is 2. The monoisotopic (exact) mass is 302 g/mol. The van der Waals surface area contributed by atoms with E-state index in [-0.39, 0.29) is 0 Å². The van der Waals surface area contributed by atoms with Gasteiger partial charge in [-0.2, -0.15) is 0 Å². The molecule has 1 aromatic heterocycles. The topological polar surface area (TPSA) is 52.0 Å². The standard InChI is InChI=1S/C15H14N2OS2/c1-19-13-7-4-8-14(10(13)9-16)20-15-17-11-5-2-3-6-12(11)18-15/h2-8H,9,16H2,1H3. The molecule has 3 nitrogen and oxygen atoms in total. The van der Waals surface area contributed by atoms with Crippen molar-refractivity contribution in [2.45, 2.75) is 21.6 Å². The number of hydrogen-bond acceptors (Lipinski definition) is 5.